The standard InChI is InChI=1S/C26H19Cl2FINO5S/c1-34-22-12-15(11-20(30)24(22)36-14-16-17(27)6-4-7-19(16)29)13-23-25(32)31(26(33)37-23)9-10-35-21-8-3-2-5-18(21)28/h2-8,11-13H,9-10,14H2,1H3/b23-13-. The minimum atomic E-state index is -0.467. The molecule has 0 atom stereocenters. The molecular weight excluding hydrogens is 655 g/mol. The van der Waals surface area contributed by atoms with Crippen molar-refractivity contribution >= 4 is 74.8 Å². The van der Waals surface area contributed by atoms with E-state index < -0.39 is 11.7 Å². The van der Waals surface area contributed by atoms with Crippen LogP contribution in [-0.4, -0.2) is 36.3 Å². The largest absolute Gasteiger partial charge is 0.493 e. The highest BCUT2D eigenvalue weighted by atomic mass is 127. The quantitative estimate of drug-likeness (QED) is 0.174. The van der Waals surface area contributed by atoms with Crippen molar-refractivity contribution in [2.75, 3.05) is 20.3 Å². The van der Waals surface area contributed by atoms with Crippen LogP contribution in [0.1, 0.15) is 11.1 Å². The topological polar surface area (TPSA) is 65.1 Å². The molecule has 0 aromatic heterocycles. The number of hydrogen-bond donors (Lipinski definition) is 0. The normalized spacial score (nSPS) is 14.4. The predicted octanol–water partition coefficient (Wildman–Crippen LogP) is 7.44. The lowest BCUT2D eigenvalue weighted by atomic mass is 10.1. The second kappa shape index (κ2) is 12.4. The Morgan fingerprint density at radius 1 is 1.03 bits per heavy atom. The van der Waals surface area contributed by atoms with Crippen LogP contribution in [0.2, 0.25) is 10.0 Å². The van der Waals surface area contributed by atoms with Gasteiger partial charge >= 0.3 is 0 Å². The molecule has 0 bridgehead atoms. The van der Waals surface area contributed by atoms with Crippen molar-refractivity contribution in [3.63, 3.8) is 0 Å². The minimum absolute atomic E-state index is 0.0828. The number of hydrogen-bond acceptors (Lipinski definition) is 6. The number of carbonyl (C=O) groups is 2. The molecule has 1 aliphatic heterocycles. The van der Waals surface area contributed by atoms with E-state index in [2.05, 4.69) is 22.6 Å². The molecule has 37 heavy (non-hydrogen) atoms. The SMILES string of the molecule is COc1cc(/C=C2\SC(=O)N(CCOc3ccccc3Cl)C2=O)cc(I)c1OCc1c(F)cccc1Cl. The summed E-state index contributed by atoms with van der Waals surface area (Å²) >= 11 is 15.1. The first kappa shape index (κ1) is 27.6. The number of imide groups is 1. The van der Waals surface area contributed by atoms with E-state index in [1.54, 1.807) is 48.5 Å². The van der Waals surface area contributed by atoms with Gasteiger partial charge in [-0.1, -0.05) is 41.4 Å². The first-order chi connectivity index (χ1) is 17.8. The Hall–Kier alpha value is -2.47. The fourth-order valence-electron chi connectivity index (χ4n) is 3.43. The van der Waals surface area contributed by atoms with Gasteiger partial charge in [0.15, 0.2) is 11.5 Å². The number of benzene rings is 3. The van der Waals surface area contributed by atoms with Crippen LogP contribution in [-0.2, 0) is 11.4 Å². The van der Waals surface area contributed by atoms with Crippen molar-refractivity contribution in [1.29, 1.82) is 0 Å². The predicted molar refractivity (Wildman–Crippen MR) is 151 cm³/mol. The summed E-state index contributed by atoms with van der Waals surface area (Å²) in [6.45, 7) is 0.102. The fraction of sp³-hybridized carbons (Fsp3) is 0.154. The number of amides is 2. The molecule has 4 rings (SSSR count). The highest BCUT2D eigenvalue weighted by Gasteiger charge is 2.35. The number of halogens is 4. The molecule has 0 radical (unpaired) electrons. The molecule has 0 N–H and O–H groups in total. The van der Waals surface area contributed by atoms with Crippen molar-refractivity contribution < 1.29 is 28.2 Å². The van der Waals surface area contributed by atoms with Crippen LogP contribution >= 0.6 is 57.6 Å². The Morgan fingerprint density at radius 3 is 2.51 bits per heavy atom. The van der Waals surface area contributed by atoms with E-state index in [0.29, 0.717) is 31.4 Å². The van der Waals surface area contributed by atoms with Crippen LogP contribution in [0.25, 0.3) is 6.08 Å². The summed E-state index contributed by atoms with van der Waals surface area (Å²) < 4.78 is 31.7. The van der Waals surface area contributed by atoms with E-state index in [1.807, 2.05) is 0 Å². The smallest absolute Gasteiger partial charge is 0.293 e. The van der Waals surface area contributed by atoms with Gasteiger partial charge in [0.2, 0.25) is 0 Å². The van der Waals surface area contributed by atoms with Crippen molar-refractivity contribution in [3.8, 4) is 17.2 Å². The van der Waals surface area contributed by atoms with Crippen LogP contribution in [0.3, 0.4) is 0 Å². The lowest BCUT2D eigenvalue weighted by molar-refractivity contribution is -0.123. The lowest BCUT2D eigenvalue weighted by Gasteiger charge is -2.15. The average Bonchev–Trinajstić information content (AvgIpc) is 3.12. The fourth-order valence-corrected chi connectivity index (χ4v) is 5.48. The zero-order valence-corrected chi connectivity index (χ0v) is 23.8. The number of rotatable bonds is 9. The molecule has 1 saturated heterocycles. The molecule has 2 amide bonds. The molecule has 1 aliphatic rings. The summed E-state index contributed by atoms with van der Waals surface area (Å²) in [6, 6.07) is 14.8. The van der Waals surface area contributed by atoms with Gasteiger partial charge in [-0.3, -0.25) is 14.5 Å². The number of methoxy groups -OCH3 is 1. The molecule has 0 saturated carbocycles. The van der Waals surface area contributed by atoms with Gasteiger partial charge in [-0.05, 0) is 82.4 Å². The minimum Gasteiger partial charge on any atom is -0.493 e. The average molecular weight is 674 g/mol. The van der Waals surface area contributed by atoms with Crippen molar-refractivity contribution in [1.82, 2.24) is 4.90 Å². The maximum absolute atomic E-state index is 14.1. The lowest BCUT2D eigenvalue weighted by Crippen LogP contribution is -2.32. The summed E-state index contributed by atoms with van der Waals surface area (Å²) in [5.41, 5.74) is 0.869. The maximum atomic E-state index is 14.1. The molecule has 1 heterocycles. The van der Waals surface area contributed by atoms with Gasteiger partial charge in [-0.2, -0.15) is 0 Å². The monoisotopic (exact) mass is 673 g/mol. The Labute approximate surface area is 240 Å². The van der Waals surface area contributed by atoms with Crippen LogP contribution in [0.15, 0.2) is 59.5 Å². The number of carbonyl (C=O) groups excluding carboxylic acids is 2. The van der Waals surface area contributed by atoms with Gasteiger partial charge in [0.25, 0.3) is 11.1 Å². The summed E-state index contributed by atoms with van der Waals surface area (Å²) in [6.07, 6.45) is 1.61. The van der Waals surface area contributed by atoms with Gasteiger partial charge in [0.1, 0.15) is 24.8 Å². The zero-order valence-electron chi connectivity index (χ0n) is 19.3. The zero-order chi connectivity index (χ0) is 26.5. The highest BCUT2D eigenvalue weighted by molar-refractivity contribution is 14.1. The second-order valence-electron chi connectivity index (χ2n) is 7.64. The van der Waals surface area contributed by atoms with Gasteiger partial charge in [-0.25, -0.2) is 4.39 Å². The molecule has 3 aromatic carbocycles. The van der Waals surface area contributed by atoms with Gasteiger partial charge in [-0.15, -0.1) is 0 Å². The Bertz CT molecular complexity index is 1370. The van der Waals surface area contributed by atoms with E-state index in [-0.39, 0.29) is 40.5 Å². The Kier molecular flexibility index (Phi) is 9.22. The van der Waals surface area contributed by atoms with E-state index in [1.165, 1.54) is 19.2 Å². The third-order valence-electron chi connectivity index (χ3n) is 5.25. The number of nitrogens with zero attached hydrogens (tertiary/aromatic N) is 1. The summed E-state index contributed by atoms with van der Waals surface area (Å²) in [5, 5.41) is 0.325. The van der Waals surface area contributed by atoms with Crippen LogP contribution < -0.4 is 14.2 Å². The van der Waals surface area contributed by atoms with E-state index in [4.69, 9.17) is 37.4 Å². The molecule has 1 fully saturated rings. The van der Waals surface area contributed by atoms with Gasteiger partial charge in [0.05, 0.1) is 32.2 Å². The van der Waals surface area contributed by atoms with Crippen LogP contribution in [0.5, 0.6) is 17.2 Å². The van der Waals surface area contributed by atoms with E-state index in [9.17, 15) is 14.0 Å². The summed E-state index contributed by atoms with van der Waals surface area (Å²) in [7, 11) is 1.48. The number of thioether (sulfide) groups is 1. The molecule has 3 aromatic rings. The van der Waals surface area contributed by atoms with Crippen LogP contribution in [0, 0.1) is 9.39 Å². The molecule has 11 heteroatoms. The Morgan fingerprint density at radius 2 is 1.78 bits per heavy atom. The summed E-state index contributed by atoms with van der Waals surface area (Å²) in [5.74, 6) is 0.391. The van der Waals surface area contributed by atoms with Crippen molar-refractivity contribution in [2.24, 2.45) is 0 Å². The molecular formula is C26H19Cl2FINO5S. The molecule has 0 unspecified atom stereocenters. The number of ether oxygens (including phenoxy) is 3. The molecule has 0 spiro atoms. The number of para-hydroxylation sites is 1. The first-order valence-corrected chi connectivity index (χ1v) is 13.5. The Balaban J connectivity index is 1.46. The van der Waals surface area contributed by atoms with E-state index in [0.717, 1.165) is 16.7 Å². The highest BCUT2D eigenvalue weighted by Crippen LogP contribution is 2.38. The molecule has 6 nitrogen and oxygen atoms in total. The van der Waals surface area contributed by atoms with Crippen molar-refractivity contribution in [3.05, 3.63) is 90.1 Å². The third kappa shape index (κ3) is 6.51. The molecule has 192 valence electrons. The summed E-state index contributed by atoms with van der Waals surface area (Å²) in [4.78, 5) is 26.8. The van der Waals surface area contributed by atoms with E-state index >= 15 is 0 Å². The van der Waals surface area contributed by atoms with Crippen molar-refractivity contribution in [2.45, 2.75) is 6.61 Å². The second-order valence-corrected chi connectivity index (χ2v) is 10.6. The third-order valence-corrected chi connectivity index (χ3v) is 7.63. The van der Waals surface area contributed by atoms with Gasteiger partial charge in [0, 0.05) is 5.56 Å². The first-order valence-electron chi connectivity index (χ1n) is 10.8. The van der Waals surface area contributed by atoms with Crippen LogP contribution in [0.4, 0.5) is 9.18 Å². The molecule has 0 aliphatic carbocycles. The van der Waals surface area contributed by atoms with Gasteiger partial charge < -0.3 is 14.2 Å². The maximum Gasteiger partial charge on any atom is 0.293 e.